The predicted octanol–water partition coefficient (Wildman–Crippen LogP) is 2.76. The van der Waals surface area contributed by atoms with Crippen molar-refractivity contribution < 1.29 is 10.2 Å². The average molecular weight is 228 g/mol. The molecule has 0 aromatic heterocycles. The lowest BCUT2D eigenvalue weighted by Gasteiger charge is -2.18. The third-order valence-electron chi connectivity index (χ3n) is 2.86. The van der Waals surface area contributed by atoms with Crippen LogP contribution in [0.1, 0.15) is 28.9 Å². The Labute approximate surface area is 101 Å². The second kappa shape index (κ2) is 5.13. The summed E-state index contributed by atoms with van der Waals surface area (Å²) in [5.41, 5.74) is 2.59. The highest BCUT2D eigenvalue weighted by atomic mass is 16.3. The molecule has 0 unspecified atom stereocenters. The van der Waals surface area contributed by atoms with Crippen molar-refractivity contribution in [2.75, 3.05) is 0 Å². The smallest absolute Gasteiger partial charge is 0.109 e. The molecular formula is C15H16O2. The lowest BCUT2D eigenvalue weighted by atomic mass is 9.98. The molecule has 0 fully saturated rings. The van der Waals surface area contributed by atoms with Crippen molar-refractivity contribution in [2.45, 2.75) is 19.1 Å². The summed E-state index contributed by atoms with van der Waals surface area (Å²) in [7, 11) is 0. The predicted molar refractivity (Wildman–Crippen MR) is 67.5 cm³/mol. The van der Waals surface area contributed by atoms with Crippen molar-refractivity contribution in [2.24, 2.45) is 0 Å². The summed E-state index contributed by atoms with van der Waals surface area (Å²) in [6, 6.07) is 16.7. The second-order valence-corrected chi connectivity index (χ2v) is 4.21. The summed E-state index contributed by atoms with van der Waals surface area (Å²) in [6.07, 6.45) is -1.78. The van der Waals surface area contributed by atoms with Crippen LogP contribution in [0.3, 0.4) is 0 Å². The van der Waals surface area contributed by atoms with Crippen LogP contribution in [0.4, 0.5) is 0 Å². The fourth-order valence-corrected chi connectivity index (χ4v) is 1.78. The van der Waals surface area contributed by atoms with Gasteiger partial charge in [0.1, 0.15) is 12.2 Å². The van der Waals surface area contributed by atoms with E-state index in [1.54, 1.807) is 0 Å². The summed E-state index contributed by atoms with van der Waals surface area (Å²) in [5.74, 6) is 0. The molecule has 0 heterocycles. The molecule has 0 bridgehead atoms. The van der Waals surface area contributed by atoms with Gasteiger partial charge in [0.05, 0.1) is 0 Å². The van der Waals surface area contributed by atoms with Crippen LogP contribution in [0, 0.1) is 6.92 Å². The lowest BCUT2D eigenvalue weighted by molar-refractivity contribution is 0.0172. The van der Waals surface area contributed by atoms with Crippen LogP contribution in [-0.2, 0) is 0 Å². The van der Waals surface area contributed by atoms with E-state index in [0.717, 1.165) is 16.7 Å². The van der Waals surface area contributed by atoms with E-state index in [1.807, 2.05) is 61.5 Å². The van der Waals surface area contributed by atoms with Crippen molar-refractivity contribution >= 4 is 0 Å². The Morgan fingerprint density at radius 3 is 1.71 bits per heavy atom. The fraction of sp³-hybridized carbons (Fsp3) is 0.200. The molecule has 0 aliphatic heterocycles. The molecule has 2 N–H and O–H groups in total. The van der Waals surface area contributed by atoms with E-state index >= 15 is 0 Å². The number of aliphatic hydroxyl groups excluding tert-OH is 2. The second-order valence-electron chi connectivity index (χ2n) is 4.21. The van der Waals surface area contributed by atoms with Gasteiger partial charge in [-0.05, 0) is 18.1 Å². The molecule has 2 aromatic rings. The molecule has 2 atom stereocenters. The van der Waals surface area contributed by atoms with E-state index in [1.165, 1.54) is 0 Å². The van der Waals surface area contributed by atoms with Gasteiger partial charge in [-0.1, -0.05) is 60.2 Å². The van der Waals surface area contributed by atoms with Gasteiger partial charge < -0.3 is 10.2 Å². The maximum Gasteiger partial charge on any atom is 0.109 e. The van der Waals surface area contributed by atoms with Crippen LogP contribution >= 0.6 is 0 Å². The summed E-state index contributed by atoms with van der Waals surface area (Å²) >= 11 is 0. The maximum atomic E-state index is 10.1. The molecule has 2 heteroatoms. The van der Waals surface area contributed by atoms with Gasteiger partial charge in [0.2, 0.25) is 0 Å². The molecular weight excluding hydrogens is 212 g/mol. The number of aliphatic hydroxyl groups is 2. The first-order valence-corrected chi connectivity index (χ1v) is 5.66. The molecule has 0 radical (unpaired) electrons. The van der Waals surface area contributed by atoms with Crippen molar-refractivity contribution in [3.8, 4) is 0 Å². The highest BCUT2D eigenvalue weighted by Gasteiger charge is 2.19. The van der Waals surface area contributed by atoms with Gasteiger partial charge in [-0.3, -0.25) is 0 Å². The highest BCUT2D eigenvalue weighted by molar-refractivity contribution is 5.27. The van der Waals surface area contributed by atoms with Crippen molar-refractivity contribution in [1.29, 1.82) is 0 Å². The van der Waals surface area contributed by atoms with E-state index < -0.39 is 12.2 Å². The van der Waals surface area contributed by atoms with Crippen molar-refractivity contribution in [3.63, 3.8) is 0 Å². The van der Waals surface area contributed by atoms with Gasteiger partial charge in [-0.25, -0.2) is 0 Å². The Bertz CT molecular complexity index is 462. The largest absolute Gasteiger partial charge is 0.385 e. The molecule has 0 aliphatic carbocycles. The van der Waals surface area contributed by atoms with E-state index in [4.69, 9.17) is 0 Å². The van der Waals surface area contributed by atoms with E-state index in [0.29, 0.717) is 0 Å². The summed E-state index contributed by atoms with van der Waals surface area (Å²) < 4.78 is 0. The molecule has 88 valence electrons. The van der Waals surface area contributed by atoms with Crippen LogP contribution in [0.5, 0.6) is 0 Å². The van der Waals surface area contributed by atoms with E-state index in [-0.39, 0.29) is 0 Å². The zero-order chi connectivity index (χ0) is 12.3. The molecule has 2 nitrogen and oxygen atoms in total. The summed E-state index contributed by atoms with van der Waals surface area (Å²) in [6.45, 7) is 1.99. The van der Waals surface area contributed by atoms with Crippen LogP contribution in [-0.4, -0.2) is 10.2 Å². The average Bonchev–Trinajstić information content (AvgIpc) is 2.39. The first-order chi connectivity index (χ1) is 8.18. The molecule has 17 heavy (non-hydrogen) atoms. The van der Waals surface area contributed by atoms with E-state index in [9.17, 15) is 10.2 Å². The summed E-state index contributed by atoms with van der Waals surface area (Å²) in [4.78, 5) is 0. The van der Waals surface area contributed by atoms with Gasteiger partial charge in [0.25, 0.3) is 0 Å². The maximum absolute atomic E-state index is 10.1. The fourth-order valence-electron chi connectivity index (χ4n) is 1.78. The van der Waals surface area contributed by atoms with Gasteiger partial charge in [0, 0.05) is 0 Å². The number of hydrogen-bond donors (Lipinski definition) is 2. The number of rotatable bonds is 3. The van der Waals surface area contributed by atoms with Crippen molar-refractivity contribution in [1.82, 2.24) is 0 Å². The number of benzene rings is 2. The van der Waals surface area contributed by atoms with E-state index in [2.05, 4.69) is 0 Å². The van der Waals surface area contributed by atoms with Gasteiger partial charge in [0.15, 0.2) is 0 Å². The standard InChI is InChI=1S/C15H16O2/c1-11-7-9-13(10-8-11)15(17)14(16)12-5-3-2-4-6-12/h2-10,14-17H,1H3/t14-,15-/m1/s1. The molecule has 0 amide bonds. The summed E-state index contributed by atoms with van der Waals surface area (Å²) in [5, 5.41) is 20.1. The zero-order valence-corrected chi connectivity index (χ0v) is 9.75. The van der Waals surface area contributed by atoms with Crippen LogP contribution in [0.2, 0.25) is 0 Å². The topological polar surface area (TPSA) is 40.5 Å². The highest BCUT2D eigenvalue weighted by Crippen LogP contribution is 2.28. The van der Waals surface area contributed by atoms with Crippen LogP contribution in [0.15, 0.2) is 54.6 Å². The monoisotopic (exact) mass is 228 g/mol. The molecule has 0 saturated heterocycles. The first kappa shape index (κ1) is 11.8. The minimum Gasteiger partial charge on any atom is -0.385 e. The van der Waals surface area contributed by atoms with Gasteiger partial charge >= 0.3 is 0 Å². The molecule has 0 spiro atoms. The minimum atomic E-state index is -0.891. The Morgan fingerprint density at radius 2 is 1.18 bits per heavy atom. The molecule has 2 rings (SSSR count). The Balaban J connectivity index is 2.20. The van der Waals surface area contributed by atoms with Crippen LogP contribution < -0.4 is 0 Å². The molecule has 2 aromatic carbocycles. The third kappa shape index (κ3) is 2.73. The van der Waals surface area contributed by atoms with Crippen molar-refractivity contribution in [3.05, 3.63) is 71.3 Å². The van der Waals surface area contributed by atoms with Crippen LogP contribution in [0.25, 0.3) is 0 Å². The number of hydrogen-bond acceptors (Lipinski definition) is 2. The molecule has 0 saturated carbocycles. The Morgan fingerprint density at radius 1 is 0.706 bits per heavy atom. The lowest BCUT2D eigenvalue weighted by Crippen LogP contribution is -2.10. The molecule has 0 aliphatic rings. The number of aryl methyl sites for hydroxylation is 1. The van der Waals surface area contributed by atoms with Gasteiger partial charge in [-0.15, -0.1) is 0 Å². The quantitative estimate of drug-likeness (QED) is 0.848. The minimum absolute atomic E-state index is 0.723. The first-order valence-electron chi connectivity index (χ1n) is 5.66. The van der Waals surface area contributed by atoms with Gasteiger partial charge in [-0.2, -0.15) is 0 Å². The third-order valence-corrected chi connectivity index (χ3v) is 2.86. The zero-order valence-electron chi connectivity index (χ0n) is 9.75. The Hall–Kier alpha value is -1.64. The SMILES string of the molecule is Cc1ccc([C@@H](O)[C@H](O)c2ccccc2)cc1. The Kier molecular flexibility index (Phi) is 3.57. The normalized spacial score (nSPS) is 14.3.